The van der Waals surface area contributed by atoms with Crippen molar-refractivity contribution >= 4 is 34.3 Å². The van der Waals surface area contributed by atoms with Crippen molar-refractivity contribution in [2.45, 2.75) is 19.3 Å². The summed E-state index contributed by atoms with van der Waals surface area (Å²) in [6.07, 6.45) is 4.47. The van der Waals surface area contributed by atoms with Gasteiger partial charge in [0.1, 0.15) is 16.6 Å². The number of anilines is 3. The molecule has 4 nitrogen and oxygen atoms in total. The lowest BCUT2D eigenvalue weighted by Gasteiger charge is -2.39. The van der Waals surface area contributed by atoms with E-state index in [1.165, 1.54) is 11.3 Å². The van der Waals surface area contributed by atoms with E-state index in [9.17, 15) is 4.79 Å². The van der Waals surface area contributed by atoms with Gasteiger partial charge in [-0.25, -0.2) is 9.97 Å². The van der Waals surface area contributed by atoms with Crippen molar-refractivity contribution in [1.29, 1.82) is 0 Å². The number of rotatable bonds is 2. The van der Waals surface area contributed by atoms with Crippen molar-refractivity contribution in [2.75, 3.05) is 4.90 Å². The van der Waals surface area contributed by atoms with Gasteiger partial charge in [0.05, 0.1) is 4.88 Å². The maximum absolute atomic E-state index is 11.1. The molecule has 4 rings (SSSR count). The highest BCUT2D eigenvalue weighted by Crippen LogP contribution is 2.50. The number of hydrogen-bond donors (Lipinski definition) is 0. The molecule has 1 aliphatic rings. The lowest BCUT2D eigenvalue weighted by Crippen LogP contribution is -2.31. The van der Waals surface area contributed by atoms with Crippen LogP contribution in [0.4, 0.5) is 16.6 Å². The smallest absolute Gasteiger partial charge is 0.160 e. The van der Waals surface area contributed by atoms with Crippen LogP contribution in [0.1, 0.15) is 34.6 Å². The van der Waals surface area contributed by atoms with Gasteiger partial charge in [0.25, 0.3) is 0 Å². The average Bonchev–Trinajstić information content (AvgIpc) is 3.04. The van der Waals surface area contributed by atoms with Crippen LogP contribution in [0, 0.1) is 0 Å². The largest absolute Gasteiger partial charge is 0.297 e. The van der Waals surface area contributed by atoms with Crippen LogP contribution in [0.25, 0.3) is 0 Å². The van der Waals surface area contributed by atoms with E-state index in [1.54, 1.807) is 12.4 Å². The average molecular weight is 321 g/mol. The molecule has 0 aromatic carbocycles. The first kappa shape index (κ1) is 14.1. The van der Waals surface area contributed by atoms with Gasteiger partial charge in [0.2, 0.25) is 0 Å². The number of carbonyl (C=O) groups is 1. The minimum atomic E-state index is -0.172. The summed E-state index contributed by atoms with van der Waals surface area (Å²) in [6, 6.07) is 11.9. The van der Waals surface area contributed by atoms with E-state index < -0.39 is 0 Å². The number of fused-ring (bicyclic) bond motifs is 2. The molecule has 0 unspecified atom stereocenters. The molecule has 0 bridgehead atoms. The topological polar surface area (TPSA) is 46.1 Å². The Labute approximate surface area is 138 Å². The van der Waals surface area contributed by atoms with E-state index in [-0.39, 0.29) is 5.41 Å². The third-order valence-electron chi connectivity index (χ3n) is 4.29. The SMILES string of the molecule is CC1(C)c2cccnc2N(c2ccc(C=O)s2)c2ncccc21. The fourth-order valence-corrected chi connectivity index (χ4v) is 3.93. The zero-order valence-corrected chi connectivity index (χ0v) is 13.7. The van der Waals surface area contributed by atoms with E-state index in [0.717, 1.165) is 34.0 Å². The van der Waals surface area contributed by atoms with Crippen LogP contribution >= 0.6 is 11.3 Å². The first-order valence-electron chi connectivity index (χ1n) is 7.39. The molecule has 0 fully saturated rings. The van der Waals surface area contributed by atoms with E-state index in [1.807, 2.05) is 29.2 Å². The standard InChI is InChI=1S/C18H15N3OS/c1-18(2)13-5-3-9-19-16(13)21(15-8-7-12(11-22)23-15)17-14(18)6-4-10-20-17/h3-11H,1-2H3. The summed E-state index contributed by atoms with van der Waals surface area (Å²) < 4.78 is 0. The molecule has 4 heterocycles. The molecule has 0 N–H and O–H groups in total. The van der Waals surface area contributed by atoms with Crippen molar-refractivity contribution in [3.05, 3.63) is 64.8 Å². The number of pyridine rings is 2. The Balaban J connectivity index is 2.02. The normalized spacial score (nSPS) is 15.0. The second kappa shape index (κ2) is 4.99. The molecule has 0 radical (unpaired) electrons. The molecule has 0 aliphatic carbocycles. The fourth-order valence-electron chi connectivity index (χ4n) is 3.11. The molecule has 0 saturated carbocycles. The minimum Gasteiger partial charge on any atom is -0.297 e. The predicted octanol–water partition coefficient (Wildman–Crippen LogP) is 4.46. The molecule has 0 amide bonds. The Morgan fingerprint density at radius 3 is 2.13 bits per heavy atom. The summed E-state index contributed by atoms with van der Waals surface area (Å²) in [5.74, 6) is 1.76. The fraction of sp³-hybridized carbons (Fsp3) is 0.167. The maximum atomic E-state index is 11.1. The van der Waals surface area contributed by atoms with Gasteiger partial charge in [0.15, 0.2) is 6.29 Å². The van der Waals surface area contributed by atoms with Gasteiger partial charge in [-0.1, -0.05) is 26.0 Å². The summed E-state index contributed by atoms with van der Waals surface area (Å²) in [5.41, 5.74) is 2.14. The molecule has 3 aromatic heterocycles. The number of hydrogen-bond acceptors (Lipinski definition) is 5. The molecule has 0 saturated heterocycles. The number of aromatic nitrogens is 2. The van der Waals surface area contributed by atoms with E-state index in [4.69, 9.17) is 0 Å². The van der Waals surface area contributed by atoms with Gasteiger partial charge < -0.3 is 0 Å². The van der Waals surface area contributed by atoms with Crippen LogP contribution in [0.2, 0.25) is 0 Å². The van der Waals surface area contributed by atoms with Gasteiger partial charge in [-0.2, -0.15) is 0 Å². The molecule has 0 spiro atoms. The monoisotopic (exact) mass is 321 g/mol. The first-order valence-corrected chi connectivity index (χ1v) is 8.20. The number of aldehydes is 1. The van der Waals surface area contributed by atoms with Crippen LogP contribution in [-0.2, 0) is 5.41 Å². The Morgan fingerprint density at radius 1 is 1.00 bits per heavy atom. The molecule has 114 valence electrons. The summed E-state index contributed by atoms with van der Waals surface area (Å²) in [4.78, 5) is 23.0. The maximum Gasteiger partial charge on any atom is 0.160 e. The minimum absolute atomic E-state index is 0.172. The van der Waals surface area contributed by atoms with Gasteiger partial charge in [-0.05, 0) is 24.3 Å². The van der Waals surface area contributed by atoms with Crippen molar-refractivity contribution in [1.82, 2.24) is 9.97 Å². The zero-order chi connectivity index (χ0) is 16.0. The van der Waals surface area contributed by atoms with E-state index in [0.29, 0.717) is 4.88 Å². The highest BCUT2D eigenvalue weighted by Gasteiger charge is 2.38. The highest BCUT2D eigenvalue weighted by molar-refractivity contribution is 7.17. The van der Waals surface area contributed by atoms with Crippen LogP contribution < -0.4 is 4.90 Å². The lowest BCUT2D eigenvalue weighted by atomic mass is 9.76. The van der Waals surface area contributed by atoms with Crippen molar-refractivity contribution in [2.24, 2.45) is 0 Å². The number of nitrogens with zero attached hydrogens (tertiary/aromatic N) is 3. The summed E-state index contributed by atoms with van der Waals surface area (Å²) in [7, 11) is 0. The third-order valence-corrected chi connectivity index (χ3v) is 5.29. The van der Waals surface area contributed by atoms with Crippen LogP contribution in [0.15, 0.2) is 48.8 Å². The highest BCUT2D eigenvalue weighted by atomic mass is 32.1. The van der Waals surface area contributed by atoms with Crippen LogP contribution in [-0.4, -0.2) is 16.3 Å². The lowest BCUT2D eigenvalue weighted by molar-refractivity contribution is 0.112. The second-order valence-corrected chi connectivity index (χ2v) is 7.10. The molecular formula is C18H15N3OS. The Kier molecular flexibility index (Phi) is 3.06. The number of thiophene rings is 1. The van der Waals surface area contributed by atoms with Gasteiger partial charge in [-0.15, -0.1) is 11.3 Å². The molecule has 0 atom stereocenters. The molecular weight excluding hydrogens is 306 g/mol. The predicted molar refractivity (Wildman–Crippen MR) is 92.1 cm³/mol. The van der Waals surface area contributed by atoms with Crippen molar-refractivity contribution in [3.63, 3.8) is 0 Å². The van der Waals surface area contributed by atoms with Gasteiger partial charge in [0, 0.05) is 28.9 Å². The van der Waals surface area contributed by atoms with Crippen molar-refractivity contribution < 1.29 is 4.79 Å². The zero-order valence-electron chi connectivity index (χ0n) is 12.9. The van der Waals surface area contributed by atoms with E-state index >= 15 is 0 Å². The third kappa shape index (κ3) is 2.00. The van der Waals surface area contributed by atoms with E-state index in [2.05, 4.69) is 35.9 Å². The molecule has 5 heteroatoms. The Morgan fingerprint density at radius 2 is 1.61 bits per heavy atom. The molecule has 1 aliphatic heterocycles. The van der Waals surface area contributed by atoms with Crippen molar-refractivity contribution in [3.8, 4) is 0 Å². The second-order valence-electron chi connectivity index (χ2n) is 6.00. The van der Waals surface area contributed by atoms with Crippen LogP contribution in [0.5, 0.6) is 0 Å². The molecule has 3 aromatic rings. The van der Waals surface area contributed by atoms with Gasteiger partial charge >= 0.3 is 0 Å². The Bertz CT molecular complexity index is 851. The summed E-state index contributed by atoms with van der Waals surface area (Å²) in [5, 5.41) is 0.947. The quantitative estimate of drug-likeness (QED) is 0.654. The number of carbonyl (C=O) groups excluding carboxylic acids is 1. The van der Waals surface area contributed by atoms with Gasteiger partial charge in [-0.3, -0.25) is 9.69 Å². The first-order chi connectivity index (χ1) is 11.1. The summed E-state index contributed by atoms with van der Waals surface area (Å²) >= 11 is 1.44. The summed E-state index contributed by atoms with van der Waals surface area (Å²) in [6.45, 7) is 4.38. The Hall–Kier alpha value is -2.53. The van der Waals surface area contributed by atoms with Crippen LogP contribution in [0.3, 0.4) is 0 Å². The molecule has 23 heavy (non-hydrogen) atoms.